The number of allylic oxidation sites excluding steroid dienone is 2. The predicted octanol–water partition coefficient (Wildman–Crippen LogP) is 5.13. The summed E-state index contributed by atoms with van der Waals surface area (Å²) in [6.45, 7) is 7.02. The van der Waals surface area contributed by atoms with E-state index in [2.05, 4.69) is 35.4 Å². The number of nitrogens with zero attached hydrogens (tertiary/aromatic N) is 2. The van der Waals surface area contributed by atoms with Crippen LogP contribution in [0.2, 0.25) is 0 Å². The Morgan fingerprint density at radius 1 is 1.12 bits per heavy atom. The third-order valence-corrected chi connectivity index (χ3v) is 9.88. The first-order chi connectivity index (χ1) is 15.3. The van der Waals surface area contributed by atoms with Gasteiger partial charge in [-0.3, -0.25) is 9.78 Å². The van der Waals surface area contributed by atoms with Crippen LogP contribution >= 0.6 is 0 Å². The van der Waals surface area contributed by atoms with Crippen LogP contribution in [0.1, 0.15) is 82.5 Å². The molecule has 1 heterocycles. The van der Waals surface area contributed by atoms with Crippen LogP contribution in [0.3, 0.4) is 0 Å². The maximum absolute atomic E-state index is 12.4. The van der Waals surface area contributed by atoms with Crippen molar-refractivity contribution in [2.75, 3.05) is 0 Å². The number of rotatable bonds is 3. The van der Waals surface area contributed by atoms with E-state index in [0.29, 0.717) is 22.8 Å². The maximum Gasteiger partial charge on any atom is 0.271 e. The summed E-state index contributed by atoms with van der Waals surface area (Å²) in [5.74, 6) is 2.71. The van der Waals surface area contributed by atoms with E-state index in [1.807, 2.05) is 6.92 Å². The largest absolute Gasteiger partial charge is 0.393 e. The van der Waals surface area contributed by atoms with E-state index >= 15 is 0 Å². The van der Waals surface area contributed by atoms with Crippen molar-refractivity contribution in [1.82, 2.24) is 10.4 Å². The second-order valence-electron chi connectivity index (χ2n) is 11.3. The van der Waals surface area contributed by atoms with E-state index in [-0.39, 0.29) is 17.4 Å². The zero-order valence-electron chi connectivity index (χ0n) is 19.7. The normalized spacial score (nSPS) is 41.2. The Kier molecular flexibility index (Phi) is 5.51. The van der Waals surface area contributed by atoms with Crippen LogP contribution in [0.15, 0.2) is 41.3 Å². The van der Waals surface area contributed by atoms with Crippen molar-refractivity contribution < 1.29 is 9.90 Å². The molecule has 0 unspecified atom stereocenters. The molecule has 4 aliphatic rings. The van der Waals surface area contributed by atoms with Gasteiger partial charge in [-0.25, -0.2) is 5.43 Å². The molecule has 172 valence electrons. The molecular weight excluding hydrogens is 398 g/mol. The van der Waals surface area contributed by atoms with Crippen molar-refractivity contribution in [1.29, 1.82) is 0 Å². The lowest BCUT2D eigenvalue weighted by Gasteiger charge is -2.60. The van der Waals surface area contributed by atoms with Crippen LogP contribution in [0.25, 0.3) is 0 Å². The molecule has 0 radical (unpaired) electrons. The summed E-state index contributed by atoms with van der Waals surface area (Å²) in [6, 6.07) is 3.41. The third kappa shape index (κ3) is 3.44. The molecule has 1 aromatic heterocycles. The average Bonchev–Trinajstić information content (AvgIpc) is 3.15. The Morgan fingerprint density at radius 3 is 2.69 bits per heavy atom. The number of carbonyl (C=O) groups excluding carboxylic acids is 1. The standard InChI is InChI=1S/C27H37N3O2/c1-17(29-30-25(32)18-10-14-28-15-11-18)22-6-7-23-21-5-4-19-16-20(31)8-12-26(19,2)24(21)9-13-27(22,23)3/h6,10-11,14-15,19-21,23-24,31H,4-5,7-9,12-13,16H2,1-3H3,(H,30,32)/t19-,20+,21-,23+,24-,26+,27-/m1/s1. The van der Waals surface area contributed by atoms with E-state index in [0.717, 1.165) is 36.8 Å². The van der Waals surface area contributed by atoms with Gasteiger partial charge in [0.25, 0.3) is 5.91 Å². The van der Waals surface area contributed by atoms with Gasteiger partial charge >= 0.3 is 0 Å². The number of hydrogen-bond donors (Lipinski definition) is 2. The Balaban J connectivity index is 1.32. The summed E-state index contributed by atoms with van der Waals surface area (Å²) in [5, 5.41) is 14.8. The maximum atomic E-state index is 12.4. The molecule has 0 aliphatic heterocycles. The van der Waals surface area contributed by atoms with Gasteiger partial charge in [-0.1, -0.05) is 19.9 Å². The lowest BCUT2D eigenvalue weighted by molar-refractivity contribution is -0.117. The number of fused-ring (bicyclic) bond motifs is 5. The summed E-state index contributed by atoms with van der Waals surface area (Å²) in [4.78, 5) is 16.4. The number of pyridine rings is 1. The fraction of sp³-hybridized carbons (Fsp3) is 0.667. The van der Waals surface area contributed by atoms with Gasteiger partial charge in [0.2, 0.25) is 0 Å². The minimum Gasteiger partial charge on any atom is -0.393 e. The second-order valence-corrected chi connectivity index (χ2v) is 11.3. The molecule has 5 heteroatoms. The molecule has 1 amide bonds. The zero-order chi connectivity index (χ0) is 22.5. The van der Waals surface area contributed by atoms with Crippen LogP contribution in [0.4, 0.5) is 0 Å². The summed E-state index contributed by atoms with van der Waals surface area (Å²) in [6.07, 6.45) is 14.9. The first-order valence-corrected chi connectivity index (χ1v) is 12.5. The number of aliphatic hydroxyl groups is 1. The van der Waals surface area contributed by atoms with Crippen LogP contribution in [-0.2, 0) is 0 Å². The van der Waals surface area contributed by atoms with Crippen LogP contribution in [0.5, 0.6) is 0 Å². The highest BCUT2D eigenvalue weighted by molar-refractivity contribution is 6.01. The molecule has 1 aromatic rings. The molecule has 3 saturated carbocycles. The third-order valence-electron chi connectivity index (χ3n) is 9.88. The van der Waals surface area contributed by atoms with Gasteiger partial charge in [0.15, 0.2) is 0 Å². The van der Waals surface area contributed by atoms with Gasteiger partial charge in [0.1, 0.15) is 0 Å². The van der Waals surface area contributed by atoms with Crippen molar-refractivity contribution in [2.45, 2.75) is 78.2 Å². The molecule has 0 aromatic carbocycles. The average molecular weight is 436 g/mol. The van der Waals surface area contributed by atoms with Crippen LogP contribution in [-0.4, -0.2) is 27.8 Å². The van der Waals surface area contributed by atoms with E-state index < -0.39 is 0 Å². The SMILES string of the molecule is CC(=NNC(=O)c1ccncc1)C1=CC[C@H]2[C@H]3CC[C@@H]4C[C@@H](O)CC[C@]4(C)[C@@H]3CC[C@]12C. The van der Waals surface area contributed by atoms with E-state index in [1.54, 1.807) is 24.5 Å². The van der Waals surface area contributed by atoms with Crippen LogP contribution < -0.4 is 5.43 Å². The first-order valence-electron chi connectivity index (χ1n) is 12.5. The predicted molar refractivity (Wildman–Crippen MR) is 126 cm³/mol. The van der Waals surface area contributed by atoms with Crippen LogP contribution in [0, 0.1) is 34.5 Å². The number of nitrogens with one attached hydrogen (secondary N) is 1. The highest BCUT2D eigenvalue weighted by Crippen LogP contribution is 2.66. The summed E-state index contributed by atoms with van der Waals surface area (Å²) in [5.41, 5.74) is 6.14. The molecule has 5 nitrogen and oxygen atoms in total. The number of carbonyl (C=O) groups is 1. The van der Waals surface area contributed by atoms with Crippen molar-refractivity contribution in [2.24, 2.45) is 39.6 Å². The molecule has 4 aliphatic carbocycles. The number of amides is 1. The van der Waals surface area contributed by atoms with Gasteiger partial charge in [-0.15, -0.1) is 0 Å². The summed E-state index contributed by atoms with van der Waals surface area (Å²) >= 11 is 0. The summed E-state index contributed by atoms with van der Waals surface area (Å²) in [7, 11) is 0. The molecule has 32 heavy (non-hydrogen) atoms. The highest BCUT2D eigenvalue weighted by Gasteiger charge is 2.58. The zero-order valence-corrected chi connectivity index (χ0v) is 19.7. The van der Waals surface area contributed by atoms with Crippen molar-refractivity contribution >= 4 is 11.6 Å². The molecule has 3 fully saturated rings. The number of hydrogen-bond acceptors (Lipinski definition) is 4. The lowest BCUT2D eigenvalue weighted by Crippen LogP contribution is -2.53. The fourth-order valence-electron chi connectivity index (χ4n) is 8.13. The van der Waals surface area contributed by atoms with Gasteiger partial charge in [-0.05, 0) is 110 Å². The molecule has 0 saturated heterocycles. The van der Waals surface area contributed by atoms with Gasteiger partial charge in [0.05, 0.1) is 11.8 Å². The minimum absolute atomic E-state index is 0.0838. The number of aliphatic hydroxyl groups excluding tert-OH is 1. The quantitative estimate of drug-likeness (QED) is 0.511. The number of aromatic nitrogens is 1. The Morgan fingerprint density at radius 2 is 1.91 bits per heavy atom. The van der Waals surface area contributed by atoms with Gasteiger partial charge in [-0.2, -0.15) is 5.10 Å². The van der Waals surface area contributed by atoms with E-state index in [9.17, 15) is 9.90 Å². The Hall–Kier alpha value is -2.01. The van der Waals surface area contributed by atoms with E-state index in [4.69, 9.17) is 0 Å². The molecule has 0 spiro atoms. The molecule has 7 atom stereocenters. The number of hydrazone groups is 1. The van der Waals surface area contributed by atoms with Crippen molar-refractivity contribution in [3.05, 3.63) is 41.7 Å². The summed E-state index contributed by atoms with van der Waals surface area (Å²) < 4.78 is 0. The second kappa shape index (κ2) is 8.09. The van der Waals surface area contributed by atoms with Gasteiger partial charge in [0, 0.05) is 18.0 Å². The van der Waals surface area contributed by atoms with Crippen molar-refractivity contribution in [3.8, 4) is 0 Å². The van der Waals surface area contributed by atoms with E-state index in [1.165, 1.54) is 37.7 Å². The molecular formula is C27H37N3O2. The molecule has 0 bridgehead atoms. The Bertz CT molecular complexity index is 941. The lowest BCUT2D eigenvalue weighted by atomic mass is 9.44. The van der Waals surface area contributed by atoms with Crippen molar-refractivity contribution in [3.63, 3.8) is 0 Å². The first kappa shape index (κ1) is 21.8. The molecule has 5 rings (SSSR count). The topological polar surface area (TPSA) is 74.6 Å². The van der Waals surface area contributed by atoms with Gasteiger partial charge < -0.3 is 5.11 Å². The Labute approximate surface area is 191 Å². The smallest absolute Gasteiger partial charge is 0.271 e. The highest BCUT2D eigenvalue weighted by atomic mass is 16.3. The minimum atomic E-state index is -0.193. The monoisotopic (exact) mass is 435 g/mol. The molecule has 2 N–H and O–H groups in total. The fourth-order valence-corrected chi connectivity index (χ4v) is 8.13.